The molecule has 6 nitrogen and oxygen atoms in total. The largest absolute Gasteiger partial charge is 0.388 e. The van der Waals surface area contributed by atoms with Gasteiger partial charge >= 0.3 is 0 Å². The Kier molecular flexibility index (Phi) is 14.5. The highest BCUT2D eigenvalue weighted by Crippen LogP contribution is 2.19. The summed E-state index contributed by atoms with van der Waals surface area (Å²) in [6.45, 7) is 9.57. The van der Waals surface area contributed by atoms with E-state index < -0.39 is 10.1 Å². The fourth-order valence-corrected chi connectivity index (χ4v) is 2.38. The molecule has 168 valence electrons. The smallest absolute Gasteiger partial charge is 0.290 e. The molecule has 0 saturated carbocycles. The monoisotopic (exact) mass is 437 g/mol. The molecular weight excluding hydrogens is 402 g/mol. The minimum atomic E-state index is -3.64. The number of rotatable bonds is 9. The molecule has 0 heterocycles. The molecule has 2 aromatic rings. The average molecular weight is 438 g/mol. The fourth-order valence-electron chi connectivity index (χ4n) is 2.16. The third-order valence-corrected chi connectivity index (χ3v) is 3.95. The van der Waals surface area contributed by atoms with Gasteiger partial charge in [0.1, 0.15) is 0 Å². The van der Waals surface area contributed by atoms with Crippen LogP contribution in [0.25, 0.3) is 12.2 Å². The van der Waals surface area contributed by atoms with E-state index in [-0.39, 0.29) is 12.9 Å². The fraction of sp³-hybridized carbons (Fsp3) is 0.391. The first-order valence-electron chi connectivity index (χ1n) is 10.1. The van der Waals surface area contributed by atoms with Crippen molar-refractivity contribution in [3.8, 4) is 0 Å². The van der Waals surface area contributed by atoms with Crippen LogP contribution in [0.2, 0.25) is 0 Å². The molecule has 7 heteroatoms. The highest BCUT2D eigenvalue weighted by Gasteiger charge is 2.07. The van der Waals surface area contributed by atoms with Crippen LogP contribution in [-0.2, 0) is 24.1 Å². The van der Waals surface area contributed by atoms with E-state index in [0.717, 1.165) is 28.6 Å². The maximum absolute atomic E-state index is 10.8. The van der Waals surface area contributed by atoms with Crippen LogP contribution in [0.5, 0.6) is 0 Å². The number of benzene rings is 2. The molecule has 2 rings (SSSR count). The molecule has 0 aliphatic carbocycles. The number of hydrogen-bond acceptors (Lipinski definition) is 6. The topological polar surface area (TPSA) is 73.9 Å². The second-order valence-electron chi connectivity index (χ2n) is 5.69. The zero-order chi connectivity index (χ0) is 23.0. The summed E-state index contributed by atoms with van der Waals surface area (Å²) in [7, 11) is -1.75. The molecule has 0 amide bonds. The van der Waals surface area contributed by atoms with Crippen molar-refractivity contribution in [1.82, 2.24) is 0 Å². The lowest BCUT2D eigenvalue weighted by molar-refractivity contribution is -0.271. The van der Waals surface area contributed by atoms with E-state index in [1.165, 1.54) is 0 Å². The SMILES string of the molecule is CC.CC.CNc1ccc(/C=C/c2ccc(C(C)OCOOS(C)(=O)=O)cc2)cc1. The third-order valence-electron chi connectivity index (χ3n) is 3.61. The highest BCUT2D eigenvalue weighted by atomic mass is 32.2. The molecule has 0 aliphatic rings. The van der Waals surface area contributed by atoms with Gasteiger partial charge in [-0.05, 0) is 35.7 Å². The Bertz CT molecular complexity index is 816. The van der Waals surface area contributed by atoms with Gasteiger partial charge in [0.2, 0.25) is 0 Å². The zero-order valence-electron chi connectivity index (χ0n) is 19.0. The van der Waals surface area contributed by atoms with E-state index in [0.29, 0.717) is 0 Å². The molecule has 30 heavy (non-hydrogen) atoms. The van der Waals surface area contributed by atoms with Crippen molar-refractivity contribution < 1.29 is 22.4 Å². The second-order valence-corrected chi connectivity index (χ2v) is 7.23. The molecule has 0 spiro atoms. The Hall–Kier alpha value is -2.19. The van der Waals surface area contributed by atoms with Crippen molar-refractivity contribution >= 4 is 28.0 Å². The Morgan fingerprint density at radius 3 is 1.80 bits per heavy atom. The maximum Gasteiger partial charge on any atom is 0.290 e. The summed E-state index contributed by atoms with van der Waals surface area (Å²) in [4.78, 5) is 4.49. The van der Waals surface area contributed by atoms with Crippen molar-refractivity contribution in [2.75, 3.05) is 25.4 Å². The molecule has 0 saturated heterocycles. The first-order chi connectivity index (χ1) is 14.4. The highest BCUT2D eigenvalue weighted by molar-refractivity contribution is 7.85. The first-order valence-corrected chi connectivity index (χ1v) is 11.9. The van der Waals surface area contributed by atoms with Gasteiger partial charge in [-0.2, -0.15) is 13.3 Å². The van der Waals surface area contributed by atoms with Gasteiger partial charge in [0.05, 0.1) is 12.4 Å². The maximum atomic E-state index is 10.8. The first kappa shape index (κ1) is 27.8. The normalized spacial score (nSPS) is 11.7. The third kappa shape index (κ3) is 11.7. The average Bonchev–Trinajstić information content (AvgIpc) is 2.78. The lowest BCUT2D eigenvalue weighted by Gasteiger charge is -2.12. The number of ether oxygens (including phenoxy) is 1. The van der Waals surface area contributed by atoms with Crippen LogP contribution in [0.4, 0.5) is 5.69 Å². The predicted molar refractivity (Wildman–Crippen MR) is 125 cm³/mol. The lowest BCUT2D eigenvalue weighted by atomic mass is 10.1. The molecule has 1 N–H and O–H groups in total. The van der Waals surface area contributed by atoms with Crippen LogP contribution >= 0.6 is 0 Å². The summed E-state index contributed by atoms with van der Waals surface area (Å²) in [6.07, 6.45) is 4.72. The van der Waals surface area contributed by atoms with E-state index in [1.807, 2.05) is 102 Å². The van der Waals surface area contributed by atoms with Crippen molar-refractivity contribution in [3.63, 3.8) is 0 Å². The minimum Gasteiger partial charge on any atom is -0.388 e. The van der Waals surface area contributed by atoms with Gasteiger partial charge in [-0.25, -0.2) is 0 Å². The van der Waals surface area contributed by atoms with Crippen LogP contribution < -0.4 is 5.32 Å². The summed E-state index contributed by atoms with van der Waals surface area (Å²) in [5, 5.41) is 3.09. The number of hydrogen-bond donors (Lipinski definition) is 1. The van der Waals surface area contributed by atoms with Crippen molar-refractivity contribution in [1.29, 1.82) is 0 Å². The van der Waals surface area contributed by atoms with E-state index in [2.05, 4.69) is 14.5 Å². The summed E-state index contributed by atoms with van der Waals surface area (Å²) in [6, 6.07) is 16.0. The van der Waals surface area contributed by atoms with E-state index in [9.17, 15) is 8.42 Å². The molecular formula is C23H35NO5S. The van der Waals surface area contributed by atoms with Gasteiger partial charge in [0.25, 0.3) is 10.1 Å². The van der Waals surface area contributed by atoms with Gasteiger partial charge in [0, 0.05) is 12.7 Å². The predicted octanol–water partition coefficient (Wildman–Crippen LogP) is 5.89. The summed E-state index contributed by atoms with van der Waals surface area (Å²) in [5.74, 6) is 0. The summed E-state index contributed by atoms with van der Waals surface area (Å²) >= 11 is 0. The van der Waals surface area contributed by atoms with Crippen LogP contribution in [0.3, 0.4) is 0 Å². The van der Waals surface area contributed by atoms with Crippen molar-refractivity contribution in [2.45, 2.75) is 40.7 Å². The lowest BCUT2D eigenvalue weighted by Crippen LogP contribution is -2.09. The standard InChI is InChI=1S/C19H23NO5S.2C2H6/c1-15(23-14-24-25-26(3,21)22)18-10-6-16(7-11-18)4-5-17-8-12-19(20-2)13-9-17;2*1-2/h4-13,15,20H,14H2,1-3H3;2*1-2H3/b5-4+;;. The Labute approximate surface area is 181 Å². The Balaban J connectivity index is 0.00000198. The van der Waals surface area contributed by atoms with E-state index in [1.54, 1.807) is 0 Å². The molecule has 0 aliphatic heterocycles. The Morgan fingerprint density at radius 1 is 0.900 bits per heavy atom. The second kappa shape index (κ2) is 15.6. The number of anilines is 1. The minimum absolute atomic E-state index is 0.259. The molecule has 0 aromatic heterocycles. The van der Waals surface area contributed by atoms with Gasteiger partial charge in [-0.3, -0.25) is 0 Å². The molecule has 0 bridgehead atoms. The van der Waals surface area contributed by atoms with Crippen LogP contribution in [0.15, 0.2) is 48.5 Å². The molecule has 0 fully saturated rings. The van der Waals surface area contributed by atoms with E-state index in [4.69, 9.17) is 4.74 Å². The Morgan fingerprint density at radius 2 is 1.37 bits per heavy atom. The van der Waals surface area contributed by atoms with Crippen LogP contribution in [-0.4, -0.2) is 28.5 Å². The van der Waals surface area contributed by atoms with Crippen LogP contribution in [0.1, 0.15) is 57.4 Å². The van der Waals surface area contributed by atoms with Gasteiger partial charge in [0.15, 0.2) is 6.79 Å². The molecule has 0 radical (unpaired) electrons. The van der Waals surface area contributed by atoms with Crippen LogP contribution in [0, 0.1) is 0 Å². The zero-order valence-corrected chi connectivity index (χ0v) is 19.8. The van der Waals surface area contributed by atoms with Gasteiger partial charge in [-0.1, -0.05) is 76.2 Å². The molecule has 2 aromatic carbocycles. The molecule has 1 atom stereocenters. The van der Waals surface area contributed by atoms with Crippen molar-refractivity contribution in [3.05, 3.63) is 65.2 Å². The van der Waals surface area contributed by atoms with Gasteiger partial charge < -0.3 is 10.1 Å². The quantitative estimate of drug-likeness (QED) is 0.173. The number of nitrogens with one attached hydrogen (secondary N) is 1. The summed E-state index contributed by atoms with van der Waals surface area (Å²) < 4.78 is 31.1. The molecule has 1 unspecified atom stereocenters. The van der Waals surface area contributed by atoms with Gasteiger partial charge in [-0.15, -0.1) is 4.33 Å². The van der Waals surface area contributed by atoms with E-state index >= 15 is 0 Å². The van der Waals surface area contributed by atoms with Crippen molar-refractivity contribution in [2.24, 2.45) is 0 Å². The summed E-state index contributed by atoms with van der Waals surface area (Å²) in [5.41, 5.74) is 4.21.